The largest absolute Gasteiger partial charge is 0.306 e. The van der Waals surface area contributed by atoms with Gasteiger partial charge in [-0.3, -0.25) is 4.79 Å². The Kier molecular flexibility index (Phi) is 4.69. The maximum Gasteiger partial charge on any atom is 0.277 e. The summed E-state index contributed by atoms with van der Waals surface area (Å²) in [5.41, 5.74) is 2.28. The highest BCUT2D eigenvalue weighted by molar-refractivity contribution is 7.89. The number of carbonyl (C=O) groups excluding carboxylic acids is 1. The highest BCUT2D eigenvalue weighted by Crippen LogP contribution is 2.31. The third-order valence-corrected chi connectivity index (χ3v) is 4.93. The Hall–Kier alpha value is -2.51. The molecule has 25 heavy (non-hydrogen) atoms. The van der Waals surface area contributed by atoms with Crippen molar-refractivity contribution >= 4 is 33.0 Å². The zero-order chi connectivity index (χ0) is 18.0. The minimum Gasteiger partial charge on any atom is -0.306 e. The molecule has 0 saturated carbocycles. The molecule has 2 aromatic carbocycles. The molecule has 0 unspecified atom stereocenters. The number of sulfonamides is 1. The number of nitrogens with two attached hydrogens (primary N) is 1. The number of aliphatic imine (C=N–C) groups is 1. The van der Waals surface area contributed by atoms with Crippen molar-refractivity contribution in [3.63, 3.8) is 0 Å². The molecule has 1 heterocycles. The summed E-state index contributed by atoms with van der Waals surface area (Å²) in [7, 11) is -3.82. The van der Waals surface area contributed by atoms with E-state index in [0.717, 1.165) is 24.1 Å². The number of hydrogen-bond acceptors (Lipinski definition) is 4. The molecule has 0 spiro atoms. The second-order valence-corrected chi connectivity index (χ2v) is 7.39. The number of benzene rings is 2. The van der Waals surface area contributed by atoms with Crippen molar-refractivity contribution in [3.05, 3.63) is 54.1 Å². The molecule has 2 aromatic rings. The van der Waals surface area contributed by atoms with Crippen molar-refractivity contribution < 1.29 is 13.2 Å². The van der Waals surface area contributed by atoms with E-state index in [0.29, 0.717) is 17.9 Å². The molecule has 0 atom stereocenters. The molecule has 2 N–H and O–H groups in total. The lowest BCUT2D eigenvalue weighted by Gasteiger charge is -2.15. The molecule has 1 aliphatic heterocycles. The fraction of sp³-hybridized carbons (Fsp3) is 0.222. The van der Waals surface area contributed by atoms with Crippen molar-refractivity contribution in [1.29, 1.82) is 0 Å². The lowest BCUT2D eigenvalue weighted by molar-refractivity contribution is -0.112. The van der Waals surface area contributed by atoms with Crippen molar-refractivity contribution in [2.75, 3.05) is 11.4 Å². The van der Waals surface area contributed by atoms with Gasteiger partial charge in [-0.25, -0.2) is 18.5 Å². The molecule has 1 amide bonds. The summed E-state index contributed by atoms with van der Waals surface area (Å²) in [5, 5.41) is 5.16. The van der Waals surface area contributed by atoms with Crippen LogP contribution in [0.25, 0.3) is 0 Å². The van der Waals surface area contributed by atoms with Crippen LogP contribution in [0.15, 0.2) is 58.4 Å². The number of anilines is 1. The lowest BCUT2D eigenvalue weighted by Crippen LogP contribution is -2.30. The summed E-state index contributed by atoms with van der Waals surface area (Å²) in [6, 6.07) is 13.4. The number of para-hydroxylation sites is 1. The highest BCUT2D eigenvalue weighted by Gasteiger charge is 2.33. The van der Waals surface area contributed by atoms with Crippen LogP contribution in [-0.4, -0.2) is 26.6 Å². The number of unbranched alkanes of at least 4 members (excludes halogenated alkanes) is 1. The average molecular weight is 357 g/mol. The summed E-state index contributed by atoms with van der Waals surface area (Å²) < 4.78 is 23.0. The Morgan fingerprint density at radius 1 is 1.12 bits per heavy atom. The highest BCUT2D eigenvalue weighted by atomic mass is 32.2. The van der Waals surface area contributed by atoms with Crippen LogP contribution in [0.5, 0.6) is 0 Å². The first-order chi connectivity index (χ1) is 11.9. The van der Waals surface area contributed by atoms with E-state index in [2.05, 4.69) is 11.9 Å². The second-order valence-electron chi connectivity index (χ2n) is 5.83. The molecule has 3 rings (SSSR count). The monoisotopic (exact) mass is 357 g/mol. The fourth-order valence-corrected chi connectivity index (χ4v) is 3.32. The minimum absolute atomic E-state index is 0.0316. The summed E-state index contributed by atoms with van der Waals surface area (Å²) in [4.78, 5) is 18.9. The normalized spacial score (nSPS) is 15.7. The first-order valence-electron chi connectivity index (χ1n) is 8.04. The molecule has 0 aromatic heterocycles. The summed E-state index contributed by atoms with van der Waals surface area (Å²) in [5.74, 6) is -0.171. The summed E-state index contributed by atoms with van der Waals surface area (Å²) in [6.45, 7) is 2.70. The first-order valence-corrected chi connectivity index (χ1v) is 9.59. The number of nitrogens with zero attached hydrogens (tertiary/aromatic N) is 2. The number of rotatable bonds is 5. The number of carbonyl (C=O) groups is 1. The van der Waals surface area contributed by atoms with E-state index in [1.165, 1.54) is 12.1 Å². The molecule has 1 aliphatic rings. The zero-order valence-corrected chi connectivity index (χ0v) is 14.7. The van der Waals surface area contributed by atoms with Crippen LogP contribution < -0.4 is 10.0 Å². The van der Waals surface area contributed by atoms with Gasteiger partial charge in [0.05, 0.1) is 16.3 Å². The Morgan fingerprint density at radius 2 is 1.88 bits per heavy atom. The van der Waals surface area contributed by atoms with Crippen molar-refractivity contribution in [2.45, 2.75) is 24.7 Å². The number of hydrogen-bond donors (Lipinski definition) is 1. The van der Waals surface area contributed by atoms with E-state index in [1.807, 2.05) is 24.3 Å². The predicted molar refractivity (Wildman–Crippen MR) is 97.7 cm³/mol. The second kappa shape index (κ2) is 6.78. The Bertz CT molecular complexity index is 952. The van der Waals surface area contributed by atoms with Gasteiger partial charge in [-0.15, -0.1) is 0 Å². The minimum atomic E-state index is -3.82. The Labute approximate surface area is 147 Å². The van der Waals surface area contributed by atoms with E-state index in [-0.39, 0.29) is 10.8 Å². The molecule has 0 saturated heterocycles. The van der Waals surface area contributed by atoms with E-state index >= 15 is 0 Å². The molecule has 0 fully saturated rings. The predicted octanol–water partition coefficient (Wildman–Crippen LogP) is 2.60. The zero-order valence-electron chi connectivity index (χ0n) is 13.8. The Morgan fingerprint density at radius 3 is 2.60 bits per heavy atom. The van der Waals surface area contributed by atoms with Gasteiger partial charge in [0, 0.05) is 12.1 Å². The van der Waals surface area contributed by atoms with Crippen molar-refractivity contribution in [2.24, 2.45) is 10.1 Å². The third kappa shape index (κ3) is 3.47. The van der Waals surface area contributed by atoms with Crippen LogP contribution in [0, 0.1) is 0 Å². The topological polar surface area (TPSA) is 92.8 Å². The average Bonchev–Trinajstić information content (AvgIpc) is 2.85. The smallest absolute Gasteiger partial charge is 0.277 e. The van der Waals surface area contributed by atoms with Gasteiger partial charge in [-0.2, -0.15) is 0 Å². The maximum absolute atomic E-state index is 12.8. The van der Waals surface area contributed by atoms with Gasteiger partial charge >= 0.3 is 0 Å². The number of primary sulfonamides is 1. The molecule has 6 nitrogen and oxygen atoms in total. The van der Waals surface area contributed by atoms with Crippen LogP contribution in [-0.2, 0) is 14.8 Å². The van der Waals surface area contributed by atoms with E-state index in [9.17, 15) is 13.2 Å². The summed E-state index contributed by atoms with van der Waals surface area (Å²) in [6.07, 6.45) is 1.88. The van der Waals surface area contributed by atoms with Gasteiger partial charge in [-0.1, -0.05) is 37.6 Å². The van der Waals surface area contributed by atoms with Crippen LogP contribution in [0.1, 0.15) is 25.3 Å². The van der Waals surface area contributed by atoms with E-state index < -0.39 is 10.0 Å². The molecule has 0 aliphatic carbocycles. The van der Waals surface area contributed by atoms with Gasteiger partial charge in [0.1, 0.15) is 5.71 Å². The van der Waals surface area contributed by atoms with Crippen LogP contribution >= 0.6 is 0 Å². The molecule has 7 heteroatoms. The van der Waals surface area contributed by atoms with Crippen LogP contribution in [0.4, 0.5) is 11.4 Å². The van der Waals surface area contributed by atoms with Gasteiger partial charge in [0.2, 0.25) is 10.0 Å². The van der Waals surface area contributed by atoms with Gasteiger partial charge in [0.15, 0.2) is 0 Å². The van der Waals surface area contributed by atoms with Crippen molar-refractivity contribution in [3.8, 4) is 0 Å². The molecule has 0 bridgehead atoms. The number of amides is 1. The van der Waals surface area contributed by atoms with Gasteiger partial charge < -0.3 is 4.90 Å². The van der Waals surface area contributed by atoms with E-state index in [1.54, 1.807) is 17.0 Å². The van der Waals surface area contributed by atoms with Crippen LogP contribution in [0.3, 0.4) is 0 Å². The molecular weight excluding hydrogens is 338 g/mol. The maximum atomic E-state index is 12.8. The number of fused-ring (bicyclic) bond motifs is 1. The SMILES string of the molecule is CCCCN1C(=O)C(=Nc2cccc(S(N)(=O)=O)c2)c2ccccc21. The summed E-state index contributed by atoms with van der Waals surface area (Å²) >= 11 is 0. The van der Waals surface area contributed by atoms with E-state index in [4.69, 9.17) is 5.14 Å². The lowest BCUT2D eigenvalue weighted by atomic mass is 10.1. The quantitative estimate of drug-likeness (QED) is 0.891. The third-order valence-electron chi connectivity index (χ3n) is 4.02. The Balaban J connectivity index is 2.05. The standard InChI is InChI=1S/C18H19N3O3S/c1-2-3-11-21-16-10-5-4-9-15(16)17(18(21)22)20-13-7-6-8-14(12-13)25(19,23)24/h4-10,12H,2-3,11H2,1H3,(H2,19,23,24). The first kappa shape index (κ1) is 17.3. The fourth-order valence-electron chi connectivity index (χ4n) is 2.77. The molecular formula is C18H19N3O3S. The molecule has 0 radical (unpaired) electrons. The van der Waals surface area contributed by atoms with Crippen LogP contribution in [0.2, 0.25) is 0 Å². The van der Waals surface area contributed by atoms with Crippen molar-refractivity contribution in [1.82, 2.24) is 0 Å². The van der Waals surface area contributed by atoms with Gasteiger partial charge in [-0.05, 0) is 30.7 Å². The van der Waals surface area contributed by atoms with Gasteiger partial charge in [0.25, 0.3) is 5.91 Å². The molecule has 130 valence electrons.